The fraction of sp³-hybridized carbons (Fsp3) is 0.600. The molecule has 10 heteroatoms. The van der Waals surface area contributed by atoms with Gasteiger partial charge >= 0.3 is 6.61 Å². The number of aryl methyl sites for hydroxylation is 1. The molecule has 0 bridgehead atoms. The highest BCUT2D eigenvalue weighted by Crippen LogP contribution is 2.39. The number of hydrogen-bond donors (Lipinski definition) is 3. The summed E-state index contributed by atoms with van der Waals surface area (Å²) in [6.07, 6.45) is 1.26. The molecule has 1 amide bonds. The summed E-state index contributed by atoms with van der Waals surface area (Å²) in [5.74, 6) is -0.0679. The smallest absolute Gasteiger partial charge is 0.387 e. The third kappa shape index (κ3) is 6.32. The van der Waals surface area contributed by atoms with Gasteiger partial charge in [-0.05, 0) is 62.1 Å². The quantitative estimate of drug-likeness (QED) is 0.453. The van der Waals surface area contributed by atoms with Crippen LogP contribution in [0.4, 0.5) is 8.78 Å². The van der Waals surface area contributed by atoms with Gasteiger partial charge in [-0.3, -0.25) is 9.48 Å². The van der Waals surface area contributed by atoms with Gasteiger partial charge in [0.2, 0.25) is 0 Å². The number of benzene rings is 1. The topological polar surface area (TPSA) is 96.6 Å². The number of aromatic nitrogens is 2. The van der Waals surface area contributed by atoms with Crippen molar-refractivity contribution in [2.75, 3.05) is 6.54 Å². The van der Waals surface area contributed by atoms with Crippen LogP contribution in [0.5, 0.6) is 5.75 Å². The van der Waals surface area contributed by atoms with Crippen molar-refractivity contribution in [3.8, 4) is 17.0 Å². The van der Waals surface area contributed by atoms with E-state index in [4.69, 9.17) is 16.3 Å². The number of hydrogen-bond acceptors (Lipinski definition) is 5. The SMILES string of the molecule is CCn1nc(C(=O)NC[C@@]2(O)CC[C@H](C)C[C@@H]2O)c(Cl)c1-c1ccc(CC(C)C)cc1OC(F)F. The van der Waals surface area contributed by atoms with Crippen molar-refractivity contribution in [1.29, 1.82) is 0 Å². The Morgan fingerprint density at radius 2 is 2.11 bits per heavy atom. The van der Waals surface area contributed by atoms with Crippen LogP contribution in [0.1, 0.15) is 63.0 Å². The van der Waals surface area contributed by atoms with Gasteiger partial charge in [-0.15, -0.1) is 0 Å². The van der Waals surface area contributed by atoms with Crippen LogP contribution in [0.25, 0.3) is 11.3 Å². The van der Waals surface area contributed by atoms with Gasteiger partial charge in [0.1, 0.15) is 11.4 Å². The molecule has 1 fully saturated rings. The van der Waals surface area contributed by atoms with Crippen LogP contribution >= 0.6 is 11.6 Å². The second-order valence-corrected chi connectivity index (χ2v) is 10.2. The van der Waals surface area contributed by atoms with Crippen LogP contribution in [0, 0.1) is 11.8 Å². The summed E-state index contributed by atoms with van der Waals surface area (Å²) in [6.45, 7) is 4.98. The molecule has 1 aromatic heterocycles. The van der Waals surface area contributed by atoms with Crippen molar-refractivity contribution >= 4 is 17.5 Å². The van der Waals surface area contributed by atoms with Crippen LogP contribution in [-0.2, 0) is 13.0 Å². The number of aliphatic hydroxyl groups excluding tert-OH is 1. The number of halogens is 3. The number of amides is 1. The third-order valence-electron chi connectivity index (χ3n) is 6.44. The lowest BCUT2D eigenvalue weighted by atomic mass is 9.77. The Morgan fingerprint density at radius 1 is 1.40 bits per heavy atom. The summed E-state index contributed by atoms with van der Waals surface area (Å²) in [6, 6.07) is 5.03. The first kappa shape index (κ1) is 27.4. The van der Waals surface area contributed by atoms with Crippen LogP contribution in [0.3, 0.4) is 0 Å². The molecule has 1 saturated carbocycles. The lowest BCUT2D eigenvalue weighted by Crippen LogP contribution is -2.54. The maximum absolute atomic E-state index is 13.2. The highest BCUT2D eigenvalue weighted by Gasteiger charge is 2.40. The predicted molar refractivity (Wildman–Crippen MR) is 130 cm³/mol. The lowest BCUT2D eigenvalue weighted by molar-refractivity contribution is -0.106. The molecule has 1 aliphatic carbocycles. The minimum atomic E-state index is -3.03. The van der Waals surface area contributed by atoms with E-state index in [1.807, 2.05) is 26.8 Å². The molecule has 3 N–H and O–H groups in total. The van der Waals surface area contributed by atoms with Gasteiger partial charge in [-0.25, -0.2) is 0 Å². The van der Waals surface area contributed by atoms with Gasteiger partial charge in [0.25, 0.3) is 5.91 Å². The highest BCUT2D eigenvalue weighted by atomic mass is 35.5. The molecule has 7 nitrogen and oxygen atoms in total. The molecule has 3 atom stereocenters. The van der Waals surface area contributed by atoms with Gasteiger partial charge in [-0.1, -0.05) is 38.4 Å². The summed E-state index contributed by atoms with van der Waals surface area (Å²) >= 11 is 6.58. The monoisotopic (exact) mass is 513 g/mol. The Labute approximate surface area is 209 Å². The number of aliphatic hydroxyl groups is 2. The van der Waals surface area contributed by atoms with Crippen LogP contribution < -0.4 is 10.1 Å². The third-order valence-corrected chi connectivity index (χ3v) is 6.80. The van der Waals surface area contributed by atoms with E-state index in [9.17, 15) is 23.8 Å². The lowest BCUT2D eigenvalue weighted by Gasteiger charge is -2.39. The Kier molecular flexibility index (Phi) is 8.77. The Balaban J connectivity index is 1.91. The van der Waals surface area contributed by atoms with Gasteiger partial charge < -0.3 is 20.3 Å². The number of nitrogens with one attached hydrogen (secondary N) is 1. The molecule has 3 rings (SSSR count). The normalized spacial score (nSPS) is 22.6. The Morgan fingerprint density at radius 3 is 2.71 bits per heavy atom. The molecule has 1 aromatic carbocycles. The van der Waals surface area contributed by atoms with Crippen molar-refractivity contribution < 1.29 is 28.5 Å². The van der Waals surface area contributed by atoms with Crippen molar-refractivity contribution in [3.63, 3.8) is 0 Å². The van der Waals surface area contributed by atoms with Crippen LogP contribution in [0.2, 0.25) is 5.02 Å². The zero-order chi connectivity index (χ0) is 25.9. The van der Waals surface area contributed by atoms with E-state index >= 15 is 0 Å². The average molecular weight is 514 g/mol. The average Bonchev–Trinajstić information content (AvgIpc) is 3.11. The summed E-state index contributed by atoms with van der Waals surface area (Å²) in [4.78, 5) is 13.0. The fourth-order valence-corrected chi connectivity index (χ4v) is 4.85. The van der Waals surface area contributed by atoms with E-state index < -0.39 is 24.2 Å². The summed E-state index contributed by atoms with van der Waals surface area (Å²) in [5.41, 5.74) is -0.109. The molecule has 0 radical (unpaired) electrons. The fourth-order valence-electron chi connectivity index (χ4n) is 4.53. The van der Waals surface area contributed by atoms with Crippen molar-refractivity contribution in [2.45, 2.75) is 78.2 Å². The van der Waals surface area contributed by atoms with Gasteiger partial charge in [0, 0.05) is 18.7 Å². The van der Waals surface area contributed by atoms with Gasteiger partial charge in [-0.2, -0.15) is 13.9 Å². The number of nitrogens with zero attached hydrogens (tertiary/aromatic N) is 2. The van der Waals surface area contributed by atoms with Crippen LogP contribution in [-0.4, -0.2) is 50.8 Å². The van der Waals surface area contributed by atoms with E-state index in [2.05, 4.69) is 10.4 Å². The van der Waals surface area contributed by atoms with E-state index in [0.29, 0.717) is 37.3 Å². The number of carbonyl (C=O) groups is 1. The zero-order valence-electron chi connectivity index (χ0n) is 20.5. The highest BCUT2D eigenvalue weighted by molar-refractivity contribution is 6.36. The first-order valence-electron chi connectivity index (χ1n) is 12.0. The number of rotatable bonds is 9. The summed E-state index contributed by atoms with van der Waals surface area (Å²) in [5, 5.41) is 28.1. The standard InChI is InChI=1S/C25H34ClF2N3O4/c1-5-31-22(17-7-6-16(10-14(2)3)12-18(17)35-24(27)28)20(26)21(30-31)23(33)29-13-25(34)9-8-15(4)11-19(25)32/h6-7,12,14-15,19,24,32,34H,5,8-11,13H2,1-4H3,(H,29,33)/t15-,19-,25-/m0/s1. The number of carbonyl (C=O) groups excluding carboxylic acids is 1. The zero-order valence-corrected chi connectivity index (χ0v) is 21.3. The second-order valence-electron chi connectivity index (χ2n) is 9.82. The van der Waals surface area contributed by atoms with E-state index in [-0.39, 0.29) is 34.6 Å². The van der Waals surface area contributed by atoms with Crippen molar-refractivity contribution in [3.05, 3.63) is 34.5 Å². The van der Waals surface area contributed by atoms with E-state index in [1.54, 1.807) is 19.1 Å². The maximum atomic E-state index is 13.2. The molecule has 35 heavy (non-hydrogen) atoms. The molecule has 0 spiro atoms. The molecule has 194 valence electrons. The van der Waals surface area contributed by atoms with Crippen molar-refractivity contribution in [2.24, 2.45) is 11.8 Å². The summed E-state index contributed by atoms with van der Waals surface area (Å²) < 4.78 is 32.7. The van der Waals surface area contributed by atoms with Crippen molar-refractivity contribution in [1.82, 2.24) is 15.1 Å². The largest absolute Gasteiger partial charge is 0.434 e. The van der Waals surface area contributed by atoms with Gasteiger partial charge in [0.15, 0.2) is 5.69 Å². The predicted octanol–water partition coefficient (Wildman–Crippen LogP) is 4.67. The molecular formula is C25H34ClF2N3O4. The molecule has 2 aromatic rings. The van der Waals surface area contributed by atoms with Crippen LogP contribution in [0.15, 0.2) is 18.2 Å². The first-order chi connectivity index (χ1) is 16.4. The van der Waals surface area contributed by atoms with E-state index in [1.165, 1.54) is 4.68 Å². The summed E-state index contributed by atoms with van der Waals surface area (Å²) in [7, 11) is 0. The van der Waals surface area contributed by atoms with Gasteiger partial charge in [0.05, 0.1) is 16.8 Å². The number of alkyl halides is 2. The molecule has 1 heterocycles. The van der Waals surface area contributed by atoms with E-state index in [0.717, 1.165) is 12.0 Å². The minimum absolute atomic E-state index is 0.00937. The Hall–Kier alpha value is -2.23. The minimum Gasteiger partial charge on any atom is -0.434 e. The molecular weight excluding hydrogens is 480 g/mol. The number of ether oxygens (including phenoxy) is 1. The first-order valence-corrected chi connectivity index (χ1v) is 12.4. The second kappa shape index (κ2) is 11.2. The Bertz CT molecular complexity index is 1050. The maximum Gasteiger partial charge on any atom is 0.387 e. The molecule has 0 unspecified atom stereocenters. The molecule has 0 saturated heterocycles. The molecule has 1 aliphatic rings. The molecule has 0 aliphatic heterocycles.